The topological polar surface area (TPSA) is 166 Å². The van der Waals surface area contributed by atoms with Crippen LogP contribution in [0, 0.1) is 16.2 Å². The number of carbonyl (C=O) groups excluding carboxylic acids is 3. The van der Waals surface area contributed by atoms with Gasteiger partial charge in [-0.25, -0.2) is 19.6 Å². The number of aliphatic imine (C=N–C) groups is 2. The van der Waals surface area contributed by atoms with Crippen molar-refractivity contribution in [3.8, 4) is 0 Å². The van der Waals surface area contributed by atoms with Crippen LogP contribution >= 0.6 is 0 Å². The highest BCUT2D eigenvalue weighted by molar-refractivity contribution is 5.76. The Morgan fingerprint density at radius 3 is 2.24 bits per heavy atom. The highest BCUT2D eigenvalue weighted by Crippen LogP contribution is 2.47. The molecule has 2 rings (SSSR count). The van der Waals surface area contributed by atoms with E-state index in [1.54, 1.807) is 12.2 Å². The summed E-state index contributed by atoms with van der Waals surface area (Å²) in [6.07, 6.45) is 10.1. The normalized spacial score (nSPS) is 24.1. The molecule has 1 amide bonds. The second-order valence-electron chi connectivity index (χ2n) is 10.2. The fraction of sp³-hybridized carbons (Fsp3) is 0.826. The molecule has 0 bridgehead atoms. The second-order valence-corrected chi connectivity index (χ2v) is 10.2. The fourth-order valence-corrected chi connectivity index (χ4v) is 4.18. The van der Waals surface area contributed by atoms with E-state index in [1.165, 1.54) is 13.3 Å². The molecule has 4 N–H and O–H groups in total. The van der Waals surface area contributed by atoms with Gasteiger partial charge in [-0.2, -0.15) is 0 Å². The van der Waals surface area contributed by atoms with Crippen molar-refractivity contribution in [2.24, 2.45) is 26.2 Å². The largest absolute Gasteiger partial charge is 0.481 e. The molecule has 2 unspecified atom stereocenters. The molecule has 2 aliphatic rings. The molecule has 188 valence electrons. The number of hydrogen-bond donors (Lipinski definition) is 4. The zero-order valence-electron chi connectivity index (χ0n) is 20.2. The van der Waals surface area contributed by atoms with Gasteiger partial charge in [0.15, 0.2) is 0 Å². The summed E-state index contributed by atoms with van der Waals surface area (Å²) >= 11 is 0. The predicted molar refractivity (Wildman–Crippen MR) is 122 cm³/mol. The lowest BCUT2D eigenvalue weighted by atomic mass is 9.63. The molecule has 1 saturated heterocycles. The molecular weight excluding hydrogens is 430 g/mol. The smallest absolute Gasteiger partial charge is 0.314 e. The van der Waals surface area contributed by atoms with E-state index in [2.05, 4.69) is 36.1 Å². The third kappa shape index (κ3) is 12.4. The number of isocyanates is 2. The molecule has 10 nitrogen and oxygen atoms in total. The summed E-state index contributed by atoms with van der Waals surface area (Å²) < 4.78 is 0. The van der Waals surface area contributed by atoms with E-state index in [4.69, 9.17) is 15.3 Å². The first-order valence-electron chi connectivity index (χ1n) is 11.2. The number of carboxylic acid groups (broad SMARTS) is 1. The number of aliphatic carboxylic acids is 1. The van der Waals surface area contributed by atoms with Crippen molar-refractivity contribution in [3.63, 3.8) is 0 Å². The number of amides is 1. The maximum absolute atomic E-state index is 10.6. The highest BCUT2D eigenvalue weighted by Gasteiger charge is 2.41. The Kier molecular flexibility index (Phi) is 13.6. The van der Waals surface area contributed by atoms with Gasteiger partial charge >= 0.3 is 5.97 Å². The first-order chi connectivity index (χ1) is 15.4. The van der Waals surface area contributed by atoms with Crippen molar-refractivity contribution in [2.75, 3.05) is 26.3 Å². The van der Waals surface area contributed by atoms with Crippen LogP contribution in [0.25, 0.3) is 0 Å². The van der Waals surface area contributed by atoms with Crippen molar-refractivity contribution < 1.29 is 34.5 Å². The molecule has 1 saturated carbocycles. The number of hydrogen-bond acceptors (Lipinski definition) is 8. The van der Waals surface area contributed by atoms with Crippen LogP contribution in [0.15, 0.2) is 9.98 Å². The summed E-state index contributed by atoms with van der Waals surface area (Å²) in [7, 11) is 0. The fourth-order valence-electron chi connectivity index (χ4n) is 4.18. The first-order valence-corrected chi connectivity index (χ1v) is 11.2. The van der Waals surface area contributed by atoms with Crippen LogP contribution < -0.4 is 5.32 Å². The Hall–Kier alpha value is -2.38. The Morgan fingerprint density at radius 1 is 1.12 bits per heavy atom. The summed E-state index contributed by atoms with van der Waals surface area (Å²) in [5, 5.41) is 27.9. The number of carbonyl (C=O) groups is 2. The van der Waals surface area contributed by atoms with E-state index in [0.717, 1.165) is 45.1 Å². The quantitative estimate of drug-likeness (QED) is 0.341. The summed E-state index contributed by atoms with van der Waals surface area (Å²) in [6, 6.07) is 0.00750. The third-order valence-corrected chi connectivity index (χ3v) is 5.80. The van der Waals surface area contributed by atoms with Crippen LogP contribution in [0.3, 0.4) is 0 Å². The van der Waals surface area contributed by atoms with Gasteiger partial charge in [0.25, 0.3) is 0 Å². The molecule has 0 radical (unpaired) electrons. The molecule has 0 spiro atoms. The average molecular weight is 470 g/mol. The van der Waals surface area contributed by atoms with Crippen LogP contribution in [0.1, 0.15) is 72.6 Å². The van der Waals surface area contributed by atoms with Gasteiger partial charge < -0.3 is 20.6 Å². The van der Waals surface area contributed by atoms with E-state index in [9.17, 15) is 19.2 Å². The van der Waals surface area contributed by atoms with Crippen molar-refractivity contribution >= 4 is 24.0 Å². The van der Waals surface area contributed by atoms with E-state index in [0.29, 0.717) is 6.54 Å². The molecule has 0 aromatic carbocycles. The number of carboxylic acids is 1. The highest BCUT2D eigenvalue weighted by atomic mass is 16.4. The lowest BCUT2D eigenvalue weighted by Gasteiger charge is -2.44. The van der Waals surface area contributed by atoms with Crippen LogP contribution in [0.2, 0.25) is 0 Å². The molecule has 2 fully saturated rings. The molecule has 10 heteroatoms. The summed E-state index contributed by atoms with van der Waals surface area (Å²) in [5.41, 5.74) is -1.33. The van der Waals surface area contributed by atoms with Gasteiger partial charge in [-0.05, 0) is 49.9 Å². The van der Waals surface area contributed by atoms with Crippen molar-refractivity contribution in [1.29, 1.82) is 0 Å². The predicted octanol–water partition coefficient (Wildman–Crippen LogP) is 1.98. The zero-order chi connectivity index (χ0) is 25.5. The number of nitrogens with zero attached hydrogens (tertiary/aromatic N) is 2. The second kappa shape index (κ2) is 14.7. The lowest BCUT2D eigenvalue weighted by Crippen LogP contribution is -2.39. The van der Waals surface area contributed by atoms with Crippen LogP contribution in [0.4, 0.5) is 0 Å². The molecule has 0 aromatic rings. The average Bonchev–Trinajstić information content (AvgIpc) is 2.98. The van der Waals surface area contributed by atoms with Crippen LogP contribution in [-0.4, -0.2) is 71.7 Å². The molecule has 1 aliphatic heterocycles. The van der Waals surface area contributed by atoms with E-state index in [1.807, 2.05) is 0 Å². The molecule has 1 heterocycles. The van der Waals surface area contributed by atoms with Crippen molar-refractivity contribution in [1.82, 2.24) is 5.32 Å². The van der Waals surface area contributed by atoms with Crippen LogP contribution in [-0.2, 0) is 19.2 Å². The number of rotatable bonds is 6. The Balaban J connectivity index is 0.000000510. The minimum absolute atomic E-state index is 0.00750. The van der Waals surface area contributed by atoms with Crippen molar-refractivity contribution in [2.45, 2.75) is 78.7 Å². The van der Waals surface area contributed by atoms with Gasteiger partial charge in [0.1, 0.15) is 5.41 Å². The van der Waals surface area contributed by atoms with Gasteiger partial charge in [-0.3, -0.25) is 9.59 Å². The monoisotopic (exact) mass is 469 g/mol. The van der Waals surface area contributed by atoms with Gasteiger partial charge in [-0.1, -0.05) is 27.2 Å². The third-order valence-electron chi connectivity index (χ3n) is 5.80. The molecule has 0 aromatic heterocycles. The zero-order valence-corrected chi connectivity index (χ0v) is 20.2. The van der Waals surface area contributed by atoms with E-state index < -0.39 is 24.6 Å². The van der Waals surface area contributed by atoms with Crippen molar-refractivity contribution in [3.05, 3.63) is 0 Å². The number of aliphatic hydroxyl groups is 2. The maximum atomic E-state index is 10.6. The summed E-state index contributed by atoms with van der Waals surface area (Å²) in [5.74, 6) is -0.963. The standard InChI is InChI=1S/C12H18N2O2.C6H11NO.C5H10O4/c1-11(2)4-10(14-9-16)5-12(3,6-11)7-13-8-15;8-6-4-2-1-3-5-7-6;1-5(2-6,3-7)4(8)9/h10H,4-7H2,1-3H3;1-5H2,(H,7,8);6-7H,2-3H2,1H3,(H,8,9). The number of nitrogens with one attached hydrogen (secondary N) is 1. The van der Waals surface area contributed by atoms with Gasteiger partial charge in [-0.15, -0.1) is 0 Å². The van der Waals surface area contributed by atoms with E-state index >= 15 is 0 Å². The van der Waals surface area contributed by atoms with E-state index in [-0.39, 0.29) is 22.8 Å². The minimum atomic E-state index is -1.39. The number of aliphatic hydroxyl groups excluding tert-OH is 2. The lowest BCUT2D eigenvalue weighted by molar-refractivity contribution is -0.152. The van der Waals surface area contributed by atoms with Gasteiger partial charge in [0.2, 0.25) is 18.1 Å². The Labute approximate surface area is 195 Å². The minimum Gasteiger partial charge on any atom is -0.481 e. The van der Waals surface area contributed by atoms with Crippen LogP contribution in [0.5, 0.6) is 0 Å². The maximum Gasteiger partial charge on any atom is 0.314 e. The molecular formula is C23H39N3O7. The first kappa shape index (κ1) is 30.6. The van der Waals surface area contributed by atoms with Gasteiger partial charge in [0.05, 0.1) is 25.8 Å². The summed E-state index contributed by atoms with van der Waals surface area (Å²) in [4.78, 5) is 48.8. The molecule has 2 atom stereocenters. The SMILES string of the molecule is CC(CO)(CO)C(=O)O.CC1(C)CC(N=C=O)CC(C)(CN=C=O)C1.O=C1CCCCCN1. The molecule has 33 heavy (non-hydrogen) atoms. The Bertz CT molecular complexity index is 714. The summed E-state index contributed by atoms with van der Waals surface area (Å²) in [6.45, 7) is 7.93. The van der Waals surface area contributed by atoms with Gasteiger partial charge in [0, 0.05) is 13.0 Å². The molecule has 1 aliphatic carbocycles. The Morgan fingerprint density at radius 2 is 1.76 bits per heavy atom.